The Hall–Kier alpha value is -2.36. The van der Waals surface area contributed by atoms with Crippen LogP contribution in [0.4, 0.5) is 0 Å². The summed E-state index contributed by atoms with van der Waals surface area (Å²) in [6, 6.07) is 2.83. The van der Waals surface area contributed by atoms with E-state index in [-0.39, 0.29) is 54.8 Å². The molecule has 0 spiro atoms. The highest BCUT2D eigenvalue weighted by molar-refractivity contribution is 6.02. The van der Waals surface area contributed by atoms with Crippen molar-refractivity contribution in [1.29, 1.82) is 0 Å². The van der Waals surface area contributed by atoms with Gasteiger partial charge in [-0.05, 0) is 20.2 Å². The minimum atomic E-state index is -0.709. The van der Waals surface area contributed by atoms with Gasteiger partial charge in [0.15, 0.2) is 0 Å². The van der Waals surface area contributed by atoms with Gasteiger partial charge in [0.1, 0.15) is 24.7 Å². The molecular formula is C16H27N5O4. The molecule has 7 N–H and O–H groups in total. The van der Waals surface area contributed by atoms with Crippen molar-refractivity contribution >= 4 is 11.8 Å². The van der Waals surface area contributed by atoms with Gasteiger partial charge in [-0.3, -0.25) is 9.59 Å². The number of primary amides is 1. The fourth-order valence-corrected chi connectivity index (χ4v) is 2.00. The molecule has 0 unspecified atom stereocenters. The maximum Gasteiger partial charge on any atom is 0.255 e. The summed E-state index contributed by atoms with van der Waals surface area (Å²) in [5.41, 5.74) is 16.6. The third kappa shape index (κ3) is 6.57. The van der Waals surface area contributed by atoms with E-state index in [1.54, 1.807) is 0 Å². The Morgan fingerprint density at radius 3 is 2.08 bits per heavy atom. The average molecular weight is 353 g/mol. The molecule has 1 rings (SSSR count). The zero-order chi connectivity index (χ0) is 18.8. The lowest BCUT2D eigenvalue weighted by atomic mass is 10.1. The fraction of sp³-hybridized carbons (Fsp3) is 0.500. The molecule has 9 heteroatoms. The zero-order valence-electron chi connectivity index (χ0n) is 14.7. The van der Waals surface area contributed by atoms with Crippen LogP contribution in [0, 0.1) is 0 Å². The summed E-state index contributed by atoms with van der Waals surface area (Å²) in [7, 11) is 3.80. The van der Waals surface area contributed by atoms with E-state index in [1.807, 2.05) is 19.0 Å². The summed E-state index contributed by atoms with van der Waals surface area (Å²) in [6.07, 6.45) is 0. The van der Waals surface area contributed by atoms with Gasteiger partial charge in [-0.1, -0.05) is 0 Å². The molecule has 25 heavy (non-hydrogen) atoms. The second kappa shape index (κ2) is 10.5. The smallest absolute Gasteiger partial charge is 0.255 e. The van der Waals surface area contributed by atoms with Gasteiger partial charge in [-0.25, -0.2) is 0 Å². The maximum atomic E-state index is 12.5. The van der Waals surface area contributed by atoms with Crippen LogP contribution in [0.1, 0.15) is 20.7 Å². The highest BCUT2D eigenvalue weighted by Gasteiger charge is 2.20. The Bertz CT molecular complexity index is 592. The molecule has 0 saturated carbocycles. The fourth-order valence-electron chi connectivity index (χ4n) is 2.00. The Balaban J connectivity index is 3.15. The van der Waals surface area contributed by atoms with Crippen LogP contribution < -0.4 is 32.0 Å². The summed E-state index contributed by atoms with van der Waals surface area (Å²) in [4.78, 5) is 26.1. The molecule has 0 heterocycles. The standard InChI is InChI=1S/C16H27N5O4/c1-21(2)6-5-20-16(23)12-9-11(15(19)22)13(24-7-3-17)10-14(12)25-8-4-18/h9-10H,3-8,17-18H2,1-2H3,(H2,19,22)(H,20,23). The Morgan fingerprint density at radius 2 is 1.60 bits per heavy atom. The summed E-state index contributed by atoms with van der Waals surface area (Å²) in [6.45, 7) is 2.07. The molecule has 0 saturated heterocycles. The number of nitrogens with zero attached hydrogens (tertiary/aromatic N) is 1. The lowest BCUT2D eigenvalue weighted by Crippen LogP contribution is -2.32. The predicted molar refractivity (Wildman–Crippen MR) is 94.9 cm³/mol. The van der Waals surface area contributed by atoms with E-state index >= 15 is 0 Å². The van der Waals surface area contributed by atoms with Crippen LogP contribution in [0.3, 0.4) is 0 Å². The number of rotatable bonds is 11. The van der Waals surface area contributed by atoms with Gasteiger partial charge in [-0.2, -0.15) is 0 Å². The number of nitrogens with one attached hydrogen (secondary N) is 1. The van der Waals surface area contributed by atoms with Gasteiger partial charge in [0.05, 0.1) is 11.1 Å². The van der Waals surface area contributed by atoms with Gasteiger partial charge in [0.25, 0.3) is 11.8 Å². The van der Waals surface area contributed by atoms with Crippen molar-refractivity contribution in [2.24, 2.45) is 17.2 Å². The molecule has 0 bridgehead atoms. The largest absolute Gasteiger partial charge is 0.491 e. The van der Waals surface area contributed by atoms with Gasteiger partial charge in [-0.15, -0.1) is 0 Å². The predicted octanol–water partition coefficient (Wildman–Crippen LogP) is -1.25. The van der Waals surface area contributed by atoms with Gasteiger partial charge in [0, 0.05) is 32.2 Å². The highest BCUT2D eigenvalue weighted by Crippen LogP contribution is 2.29. The topological polar surface area (TPSA) is 146 Å². The molecule has 0 atom stereocenters. The quantitative estimate of drug-likeness (QED) is 0.389. The van der Waals surface area contributed by atoms with Crippen molar-refractivity contribution in [3.8, 4) is 11.5 Å². The number of nitrogens with two attached hydrogens (primary N) is 3. The number of amides is 2. The van der Waals surface area contributed by atoms with Crippen molar-refractivity contribution in [3.63, 3.8) is 0 Å². The molecular weight excluding hydrogens is 326 g/mol. The van der Waals surface area contributed by atoms with Crippen molar-refractivity contribution in [1.82, 2.24) is 10.2 Å². The Morgan fingerprint density at radius 1 is 1.04 bits per heavy atom. The number of likely N-dealkylation sites (N-methyl/N-ethyl adjacent to an activating group) is 1. The number of hydrogen-bond donors (Lipinski definition) is 4. The number of carbonyl (C=O) groups is 2. The van der Waals surface area contributed by atoms with Crippen molar-refractivity contribution in [2.45, 2.75) is 0 Å². The minimum absolute atomic E-state index is 0.0892. The lowest BCUT2D eigenvalue weighted by Gasteiger charge is -2.16. The first-order valence-corrected chi connectivity index (χ1v) is 7.97. The molecule has 2 amide bonds. The van der Waals surface area contributed by atoms with E-state index in [1.165, 1.54) is 12.1 Å². The van der Waals surface area contributed by atoms with E-state index in [4.69, 9.17) is 26.7 Å². The van der Waals surface area contributed by atoms with Crippen molar-refractivity contribution in [3.05, 3.63) is 23.3 Å². The highest BCUT2D eigenvalue weighted by atomic mass is 16.5. The summed E-state index contributed by atoms with van der Waals surface area (Å²) >= 11 is 0. The van der Waals surface area contributed by atoms with Crippen LogP contribution in [-0.2, 0) is 0 Å². The molecule has 140 valence electrons. The van der Waals surface area contributed by atoms with E-state index in [2.05, 4.69) is 5.32 Å². The molecule has 0 radical (unpaired) electrons. The summed E-state index contributed by atoms with van der Waals surface area (Å²) in [5, 5.41) is 2.77. The SMILES string of the molecule is CN(C)CCNC(=O)c1cc(C(N)=O)c(OCCN)cc1OCCN. The zero-order valence-corrected chi connectivity index (χ0v) is 14.7. The second-order valence-electron chi connectivity index (χ2n) is 5.54. The molecule has 1 aromatic carbocycles. The molecule has 9 nitrogen and oxygen atoms in total. The maximum absolute atomic E-state index is 12.5. The summed E-state index contributed by atoms with van der Waals surface area (Å²) in [5.74, 6) is -0.596. The van der Waals surface area contributed by atoms with Crippen LogP contribution in [-0.4, -0.2) is 70.2 Å². The van der Waals surface area contributed by atoms with Crippen molar-refractivity contribution < 1.29 is 19.1 Å². The molecule has 1 aromatic rings. The summed E-state index contributed by atoms with van der Waals surface area (Å²) < 4.78 is 11.0. The molecule has 0 aromatic heterocycles. The van der Waals surface area contributed by atoms with Crippen LogP contribution >= 0.6 is 0 Å². The number of hydrogen-bond acceptors (Lipinski definition) is 7. The molecule has 0 fully saturated rings. The van der Waals surface area contributed by atoms with Gasteiger partial charge in [0.2, 0.25) is 0 Å². The lowest BCUT2D eigenvalue weighted by molar-refractivity contribution is 0.0947. The van der Waals surface area contributed by atoms with Gasteiger partial charge < -0.3 is 36.9 Å². The normalized spacial score (nSPS) is 10.6. The minimum Gasteiger partial charge on any atom is -0.491 e. The Labute approximate surface area is 147 Å². The van der Waals surface area contributed by atoms with E-state index in [9.17, 15) is 9.59 Å². The Kier molecular flexibility index (Phi) is 8.68. The monoisotopic (exact) mass is 353 g/mol. The second-order valence-corrected chi connectivity index (χ2v) is 5.54. The third-order valence-electron chi connectivity index (χ3n) is 3.19. The van der Waals surface area contributed by atoms with Crippen LogP contribution in [0.5, 0.6) is 11.5 Å². The first-order valence-electron chi connectivity index (χ1n) is 7.97. The molecule has 0 aliphatic rings. The van der Waals surface area contributed by atoms with Crippen LogP contribution in [0.2, 0.25) is 0 Å². The van der Waals surface area contributed by atoms with Crippen molar-refractivity contribution in [2.75, 3.05) is 53.5 Å². The molecule has 0 aliphatic carbocycles. The molecule has 0 aliphatic heterocycles. The van der Waals surface area contributed by atoms with Crippen LogP contribution in [0.15, 0.2) is 12.1 Å². The van der Waals surface area contributed by atoms with E-state index < -0.39 is 5.91 Å². The first kappa shape index (κ1) is 20.7. The average Bonchev–Trinajstić information content (AvgIpc) is 2.56. The van der Waals surface area contributed by atoms with E-state index in [0.29, 0.717) is 13.1 Å². The number of ether oxygens (including phenoxy) is 2. The van der Waals surface area contributed by atoms with Gasteiger partial charge >= 0.3 is 0 Å². The first-order chi connectivity index (χ1) is 11.9. The van der Waals surface area contributed by atoms with E-state index in [0.717, 1.165) is 0 Å². The number of benzene rings is 1. The third-order valence-corrected chi connectivity index (χ3v) is 3.19. The number of carbonyl (C=O) groups excluding carboxylic acids is 2. The van der Waals surface area contributed by atoms with Crippen LogP contribution in [0.25, 0.3) is 0 Å².